The van der Waals surface area contributed by atoms with Crippen molar-refractivity contribution in [3.8, 4) is 5.75 Å². The van der Waals surface area contributed by atoms with Gasteiger partial charge in [-0.25, -0.2) is 4.39 Å². The SMILES string of the molecule is COc1cc(NC(=O)C2(c3ccccc3)CCCC2)ccc1NC(=O)c1cccc(F)c1. The number of carbonyl (C=O) groups is 2. The van der Waals surface area contributed by atoms with Crippen molar-refractivity contribution in [1.82, 2.24) is 0 Å². The van der Waals surface area contributed by atoms with Crippen LogP contribution in [0.5, 0.6) is 5.75 Å². The van der Waals surface area contributed by atoms with E-state index < -0.39 is 17.1 Å². The molecule has 32 heavy (non-hydrogen) atoms. The molecule has 0 bridgehead atoms. The van der Waals surface area contributed by atoms with Gasteiger partial charge in [-0.3, -0.25) is 9.59 Å². The Balaban J connectivity index is 1.54. The van der Waals surface area contributed by atoms with E-state index in [9.17, 15) is 14.0 Å². The Morgan fingerprint density at radius 1 is 0.906 bits per heavy atom. The van der Waals surface area contributed by atoms with Gasteiger partial charge < -0.3 is 15.4 Å². The van der Waals surface area contributed by atoms with Crippen LogP contribution < -0.4 is 15.4 Å². The Labute approximate surface area is 186 Å². The average molecular weight is 432 g/mol. The molecular formula is C26H25FN2O3. The number of amides is 2. The third-order valence-corrected chi connectivity index (χ3v) is 6.01. The number of benzene rings is 3. The summed E-state index contributed by atoms with van der Waals surface area (Å²) >= 11 is 0. The first-order chi connectivity index (χ1) is 15.5. The first-order valence-corrected chi connectivity index (χ1v) is 10.6. The Hall–Kier alpha value is -3.67. The molecule has 1 saturated carbocycles. The number of nitrogens with one attached hydrogen (secondary N) is 2. The highest BCUT2D eigenvalue weighted by atomic mass is 19.1. The highest BCUT2D eigenvalue weighted by molar-refractivity contribution is 6.05. The monoisotopic (exact) mass is 432 g/mol. The fourth-order valence-corrected chi connectivity index (χ4v) is 4.33. The van der Waals surface area contributed by atoms with Gasteiger partial charge in [-0.1, -0.05) is 49.2 Å². The van der Waals surface area contributed by atoms with Crippen molar-refractivity contribution < 1.29 is 18.7 Å². The van der Waals surface area contributed by atoms with E-state index in [4.69, 9.17) is 4.74 Å². The third kappa shape index (κ3) is 4.35. The smallest absolute Gasteiger partial charge is 0.255 e. The standard InChI is InChI=1S/C26H25FN2O3/c1-32-23-17-21(12-13-22(23)29-24(30)18-8-7-11-20(27)16-18)28-25(31)26(14-5-6-15-26)19-9-3-2-4-10-19/h2-4,7-13,16-17H,5-6,14-15H2,1H3,(H,28,31)(H,29,30). The van der Waals surface area contributed by atoms with Crippen molar-refractivity contribution in [2.24, 2.45) is 0 Å². The molecule has 2 amide bonds. The van der Waals surface area contributed by atoms with Crippen LogP contribution in [0.3, 0.4) is 0 Å². The maximum absolute atomic E-state index is 13.4. The van der Waals surface area contributed by atoms with Crippen LogP contribution in [-0.4, -0.2) is 18.9 Å². The van der Waals surface area contributed by atoms with Gasteiger partial charge in [0, 0.05) is 17.3 Å². The molecule has 0 radical (unpaired) electrons. The van der Waals surface area contributed by atoms with Crippen LogP contribution in [0, 0.1) is 5.82 Å². The highest BCUT2D eigenvalue weighted by Gasteiger charge is 2.42. The average Bonchev–Trinajstić information content (AvgIpc) is 3.32. The molecule has 0 unspecified atom stereocenters. The van der Waals surface area contributed by atoms with Crippen molar-refractivity contribution in [3.05, 3.63) is 89.7 Å². The maximum Gasteiger partial charge on any atom is 0.255 e. The summed E-state index contributed by atoms with van der Waals surface area (Å²) in [6.07, 6.45) is 3.64. The van der Waals surface area contributed by atoms with Crippen LogP contribution in [0.25, 0.3) is 0 Å². The fourth-order valence-electron chi connectivity index (χ4n) is 4.33. The number of halogens is 1. The van der Waals surface area contributed by atoms with E-state index in [1.54, 1.807) is 18.2 Å². The van der Waals surface area contributed by atoms with Crippen LogP contribution in [0.15, 0.2) is 72.8 Å². The Bertz CT molecular complexity index is 1120. The van der Waals surface area contributed by atoms with E-state index in [0.29, 0.717) is 17.1 Å². The predicted molar refractivity (Wildman–Crippen MR) is 123 cm³/mol. The van der Waals surface area contributed by atoms with Gasteiger partial charge in [0.1, 0.15) is 11.6 Å². The lowest BCUT2D eigenvalue weighted by molar-refractivity contribution is -0.121. The predicted octanol–water partition coefficient (Wildman–Crippen LogP) is 5.54. The number of methoxy groups -OCH3 is 1. The first-order valence-electron chi connectivity index (χ1n) is 10.6. The molecule has 3 aromatic rings. The lowest BCUT2D eigenvalue weighted by Gasteiger charge is -2.28. The highest BCUT2D eigenvalue weighted by Crippen LogP contribution is 2.42. The minimum absolute atomic E-state index is 0.0419. The summed E-state index contributed by atoms with van der Waals surface area (Å²) in [6.45, 7) is 0. The maximum atomic E-state index is 13.4. The van der Waals surface area contributed by atoms with E-state index in [-0.39, 0.29) is 11.5 Å². The van der Waals surface area contributed by atoms with E-state index in [2.05, 4.69) is 10.6 Å². The number of ether oxygens (including phenoxy) is 1. The molecule has 0 atom stereocenters. The topological polar surface area (TPSA) is 67.4 Å². The molecule has 4 rings (SSSR count). The first kappa shape index (κ1) is 21.6. The van der Waals surface area contributed by atoms with Crippen LogP contribution in [0.1, 0.15) is 41.6 Å². The van der Waals surface area contributed by atoms with E-state index >= 15 is 0 Å². The van der Waals surface area contributed by atoms with Gasteiger partial charge in [0.2, 0.25) is 5.91 Å². The molecule has 1 aliphatic carbocycles. The second kappa shape index (κ2) is 9.22. The number of hydrogen-bond acceptors (Lipinski definition) is 3. The Morgan fingerprint density at radius 2 is 1.66 bits per heavy atom. The van der Waals surface area contributed by atoms with Gasteiger partial charge in [0.15, 0.2) is 0 Å². The molecule has 1 fully saturated rings. The van der Waals surface area contributed by atoms with E-state index in [1.807, 2.05) is 30.3 Å². The summed E-state index contributed by atoms with van der Waals surface area (Å²) < 4.78 is 18.8. The number of hydrogen-bond donors (Lipinski definition) is 2. The van der Waals surface area contributed by atoms with Gasteiger partial charge >= 0.3 is 0 Å². The summed E-state index contributed by atoms with van der Waals surface area (Å²) in [5.74, 6) is -0.581. The minimum Gasteiger partial charge on any atom is -0.494 e. The molecular weight excluding hydrogens is 407 g/mol. The van der Waals surface area contributed by atoms with Gasteiger partial charge in [-0.2, -0.15) is 0 Å². The molecule has 3 aromatic carbocycles. The molecule has 0 aromatic heterocycles. The third-order valence-electron chi connectivity index (χ3n) is 6.01. The lowest BCUT2D eigenvalue weighted by atomic mass is 9.78. The molecule has 1 aliphatic rings. The largest absolute Gasteiger partial charge is 0.494 e. The zero-order chi connectivity index (χ0) is 22.6. The van der Waals surface area contributed by atoms with Crippen LogP contribution in [0.4, 0.5) is 15.8 Å². The lowest BCUT2D eigenvalue weighted by Crippen LogP contribution is -2.37. The fraction of sp³-hybridized carbons (Fsp3) is 0.231. The Morgan fingerprint density at radius 3 is 2.34 bits per heavy atom. The summed E-state index contributed by atoms with van der Waals surface area (Å²) in [6, 6.07) is 20.4. The second-order valence-corrected chi connectivity index (χ2v) is 7.99. The summed E-state index contributed by atoms with van der Waals surface area (Å²) in [4.78, 5) is 25.8. The molecule has 0 aliphatic heterocycles. The van der Waals surface area contributed by atoms with E-state index in [0.717, 1.165) is 31.2 Å². The van der Waals surface area contributed by atoms with Gasteiger partial charge in [0.05, 0.1) is 18.2 Å². The Kier molecular flexibility index (Phi) is 6.21. The summed E-state index contributed by atoms with van der Waals surface area (Å²) in [5, 5.41) is 5.77. The quantitative estimate of drug-likeness (QED) is 0.538. The zero-order valence-corrected chi connectivity index (χ0v) is 17.9. The number of anilines is 2. The van der Waals surface area contributed by atoms with Crippen molar-refractivity contribution >= 4 is 23.2 Å². The van der Waals surface area contributed by atoms with Crippen LogP contribution in [0.2, 0.25) is 0 Å². The van der Waals surface area contributed by atoms with Crippen molar-refractivity contribution in [2.75, 3.05) is 17.7 Å². The van der Waals surface area contributed by atoms with Crippen molar-refractivity contribution in [2.45, 2.75) is 31.1 Å². The van der Waals surface area contributed by atoms with Crippen molar-refractivity contribution in [1.29, 1.82) is 0 Å². The van der Waals surface area contributed by atoms with E-state index in [1.165, 1.54) is 31.4 Å². The number of rotatable bonds is 6. The van der Waals surface area contributed by atoms with Gasteiger partial charge in [-0.15, -0.1) is 0 Å². The second-order valence-electron chi connectivity index (χ2n) is 7.99. The molecule has 164 valence electrons. The molecule has 5 nitrogen and oxygen atoms in total. The minimum atomic E-state index is -0.543. The molecule has 0 saturated heterocycles. The number of carbonyl (C=O) groups excluding carboxylic acids is 2. The van der Waals surface area contributed by atoms with Gasteiger partial charge in [0.25, 0.3) is 5.91 Å². The molecule has 2 N–H and O–H groups in total. The zero-order valence-electron chi connectivity index (χ0n) is 17.9. The van der Waals surface area contributed by atoms with Crippen LogP contribution in [-0.2, 0) is 10.2 Å². The molecule has 0 spiro atoms. The summed E-state index contributed by atoms with van der Waals surface area (Å²) in [5.41, 5.74) is 1.70. The normalized spacial score (nSPS) is 14.6. The van der Waals surface area contributed by atoms with Gasteiger partial charge in [-0.05, 0) is 48.7 Å². The summed E-state index contributed by atoms with van der Waals surface area (Å²) in [7, 11) is 1.49. The molecule has 0 heterocycles. The van der Waals surface area contributed by atoms with Crippen LogP contribution >= 0.6 is 0 Å². The molecule has 6 heteroatoms. The van der Waals surface area contributed by atoms with Crippen molar-refractivity contribution in [3.63, 3.8) is 0 Å².